The second-order valence-corrected chi connectivity index (χ2v) is 6.30. The summed E-state index contributed by atoms with van der Waals surface area (Å²) < 4.78 is 0. The molecule has 0 bridgehead atoms. The average molecular weight is 196 g/mol. The van der Waals surface area contributed by atoms with Crippen molar-refractivity contribution in [1.29, 1.82) is 0 Å². The number of aliphatic hydroxyl groups is 1. The van der Waals surface area contributed by atoms with E-state index in [2.05, 4.69) is 41.2 Å². The minimum atomic E-state index is -0.585. The van der Waals surface area contributed by atoms with E-state index in [1.54, 1.807) is 0 Å². The predicted octanol–water partition coefficient (Wildman–Crippen LogP) is 3.39. The van der Waals surface area contributed by atoms with Crippen LogP contribution < -0.4 is 0 Å². The third-order valence-corrected chi connectivity index (χ3v) is 4.05. The summed E-state index contributed by atoms with van der Waals surface area (Å²) in [4.78, 5) is 0. The SMILES string of the molecule is C=CC(C)(C)C1(O)CC(C)(C)CC1C. The zero-order valence-electron chi connectivity index (χ0n) is 10.2. The molecule has 82 valence electrons. The monoisotopic (exact) mass is 196 g/mol. The maximum absolute atomic E-state index is 10.8. The Morgan fingerprint density at radius 1 is 1.43 bits per heavy atom. The van der Waals surface area contributed by atoms with E-state index in [0.29, 0.717) is 5.92 Å². The maximum atomic E-state index is 10.8. The second-order valence-electron chi connectivity index (χ2n) is 6.30. The quantitative estimate of drug-likeness (QED) is 0.671. The number of rotatable bonds is 2. The van der Waals surface area contributed by atoms with Gasteiger partial charge in [0, 0.05) is 5.41 Å². The average Bonchev–Trinajstić information content (AvgIpc) is 2.22. The molecule has 0 aromatic rings. The first kappa shape index (κ1) is 11.8. The van der Waals surface area contributed by atoms with Gasteiger partial charge in [-0.1, -0.05) is 40.7 Å². The molecule has 1 nitrogen and oxygen atoms in total. The molecule has 0 spiro atoms. The highest BCUT2D eigenvalue weighted by molar-refractivity contribution is 5.11. The summed E-state index contributed by atoms with van der Waals surface area (Å²) in [6.07, 6.45) is 3.87. The third-order valence-electron chi connectivity index (χ3n) is 4.05. The molecular weight excluding hydrogens is 172 g/mol. The maximum Gasteiger partial charge on any atom is 0.0763 e. The lowest BCUT2D eigenvalue weighted by Gasteiger charge is -2.41. The molecule has 1 saturated carbocycles. The van der Waals surface area contributed by atoms with Gasteiger partial charge in [0.1, 0.15) is 0 Å². The summed E-state index contributed by atoms with van der Waals surface area (Å²) in [6, 6.07) is 0. The van der Waals surface area contributed by atoms with Crippen molar-refractivity contribution in [3.8, 4) is 0 Å². The van der Waals surface area contributed by atoms with Crippen molar-refractivity contribution in [3.63, 3.8) is 0 Å². The fourth-order valence-corrected chi connectivity index (χ4v) is 3.01. The second kappa shape index (κ2) is 3.10. The van der Waals surface area contributed by atoms with Crippen molar-refractivity contribution < 1.29 is 5.11 Å². The van der Waals surface area contributed by atoms with Crippen molar-refractivity contribution in [2.75, 3.05) is 0 Å². The van der Waals surface area contributed by atoms with Gasteiger partial charge in [-0.25, -0.2) is 0 Å². The van der Waals surface area contributed by atoms with E-state index in [0.717, 1.165) is 12.8 Å². The highest BCUT2D eigenvalue weighted by Crippen LogP contribution is 2.54. The lowest BCUT2D eigenvalue weighted by molar-refractivity contribution is -0.0727. The van der Waals surface area contributed by atoms with Gasteiger partial charge in [-0.15, -0.1) is 6.58 Å². The number of hydrogen-bond acceptors (Lipinski definition) is 1. The zero-order chi connectivity index (χ0) is 11.2. The van der Waals surface area contributed by atoms with Crippen LogP contribution in [0.15, 0.2) is 12.7 Å². The minimum Gasteiger partial charge on any atom is -0.389 e. The molecule has 0 amide bonds. The van der Waals surface area contributed by atoms with E-state index in [1.807, 2.05) is 6.08 Å². The normalized spacial score (nSPS) is 37.1. The van der Waals surface area contributed by atoms with Gasteiger partial charge in [-0.3, -0.25) is 0 Å². The summed E-state index contributed by atoms with van der Waals surface area (Å²) in [7, 11) is 0. The topological polar surface area (TPSA) is 20.2 Å². The molecule has 0 heterocycles. The van der Waals surface area contributed by atoms with E-state index >= 15 is 0 Å². The Hall–Kier alpha value is -0.300. The summed E-state index contributed by atoms with van der Waals surface area (Å²) in [5.74, 6) is 0.352. The number of hydrogen-bond donors (Lipinski definition) is 1. The highest BCUT2D eigenvalue weighted by atomic mass is 16.3. The molecule has 1 N–H and O–H groups in total. The Morgan fingerprint density at radius 3 is 2.21 bits per heavy atom. The van der Waals surface area contributed by atoms with E-state index < -0.39 is 5.60 Å². The van der Waals surface area contributed by atoms with Gasteiger partial charge in [0.15, 0.2) is 0 Å². The van der Waals surface area contributed by atoms with Gasteiger partial charge in [0.25, 0.3) is 0 Å². The molecule has 0 radical (unpaired) electrons. The molecule has 0 aromatic carbocycles. The summed E-state index contributed by atoms with van der Waals surface area (Å²) in [5.41, 5.74) is -0.521. The van der Waals surface area contributed by atoms with Gasteiger partial charge in [0.05, 0.1) is 5.60 Å². The smallest absolute Gasteiger partial charge is 0.0763 e. The molecule has 1 aliphatic carbocycles. The first-order valence-corrected chi connectivity index (χ1v) is 5.51. The Balaban J connectivity index is 3.02. The van der Waals surface area contributed by atoms with Crippen LogP contribution in [0.25, 0.3) is 0 Å². The molecule has 0 aliphatic heterocycles. The molecule has 1 aliphatic rings. The Bertz CT molecular complexity index is 240. The lowest BCUT2D eigenvalue weighted by atomic mass is 9.69. The first-order chi connectivity index (χ1) is 6.15. The van der Waals surface area contributed by atoms with Crippen molar-refractivity contribution in [2.45, 2.75) is 53.1 Å². The molecule has 1 rings (SSSR count). The van der Waals surface area contributed by atoms with Crippen LogP contribution in [-0.4, -0.2) is 10.7 Å². The van der Waals surface area contributed by atoms with Gasteiger partial charge >= 0.3 is 0 Å². The van der Waals surface area contributed by atoms with Crippen LogP contribution in [0.5, 0.6) is 0 Å². The minimum absolute atomic E-state index is 0.194. The van der Waals surface area contributed by atoms with Crippen LogP contribution in [-0.2, 0) is 0 Å². The Labute approximate surface area is 88.2 Å². The van der Waals surface area contributed by atoms with Gasteiger partial charge in [-0.2, -0.15) is 0 Å². The predicted molar refractivity (Wildman–Crippen MR) is 61.1 cm³/mol. The van der Waals surface area contributed by atoms with Crippen LogP contribution in [0, 0.1) is 16.7 Å². The molecule has 1 heteroatoms. The van der Waals surface area contributed by atoms with Crippen LogP contribution in [0.1, 0.15) is 47.5 Å². The van der Waals surface area contributed by atoms with Crippen LogP contribution in [0.2, 0.25) is 0 Å². The van der Waals surface area contributed by atoms with Crippen LogP contribution in [0.3, 0.4) is 0 Å². The molecule has 2 unspecified atom stereocenters. The van der Waals surface area contributed by atoms with Crippen molar-refractivity contribution in [2.24, 2.45) is 16.7 Å². The zero-order valence-corrected chi connectivity index (χ0v) is 10.2. The van der Waals surface area contributed by atoms with E-state index in [9.17, 15) is 5.11 Å². The van der Waals surface area contributed by atoms with E-state index in [4.69, 9.17) is 0 Å². The highest BCUT2D eigenvalue weighted by Gasteiger charge is 2.54. The van der Waals surface area contributed by atoms with Gasteiger partial charge in [-0.05, 0) is 24.2 Å². The lowest BCUT2D eigenvalue weighted by Crippen LogP contribution is -2.46. The molecule has 2 atom stereocenters. The summed E-state index contributed by atoms with van der Waals surface area (Å²) in [6.45, 7) is 14.6. The van der Waals surface area contributed by atoms with Gasteiger partial charge < -0.3 is 5.11 Å². The van der Waals surface area contributed by atoms with Crippen LogP contribution in [0.4, 0.5) is 0 Å². The first-order valence-electron chi connectivity index (χ1n) is 5.51. The molecule has 0 aromatic heterocycles. The standard InChI is InChI=1S/C13H24O/c1-7-12(5,6)13(14)9-11(3,4)8-10(13)2/h7,10,14H,1,8-9H2,2-6H3. The van der Waals surface area contributed by atoms with Crippen LogP contribution >= 0.6 is 0 Å². The summed E-state index contributed by atoms with van der Waals surface area (Å²) >= 11 is 0. The van der Waals surface area contributed by atoms with Gasteiger partial charge in [0.2, 0.25) is 0 Å². The molecule has 0 saturated heterocycles. The Morgan fingerprint density at radius 2 is 1.93 bits per heavy atom. The Kier molecular flexibility index (Phi) is 2.60. The molecular formula is C13H24O. The summed E-state index contributed by atoms with van der Waals surface area (Å²) in [5, 5.41) is 10.8. The van der Waals surface area contributed by atoms with E-state index in [1.165, 1.54) is 0 Å². The van der Waals surface area contributed by atoms with Crippen molar-refractivity contribution in [1.82, 2.24) is 0 Å². The fourth-order valence-electron chi connectivity index (χ4n) is 3.01. The van der Waals surface area contributed by atoms with E-state index in [-0.39, 0.29) is 10.8 Å². The van der Waals surface area contributed by atoms with Crippen molar-refractivity contribution in [3.05, 3.63) is 12.7 Å². The fraction of sp³-hybridized carbons (Fsp3) is 0.846. The third kappa shape index (κ3) is 1.63. The molecule has 14 heavy (non-hydrogen) atoms. The molecule has 1 fully saturated rings. The largest absolute Gasteiger partial charge is 0.389 e. The van der Waals surface area contributed by atoms with Crippen molar-refractivity contribution >= 4 is 0 Å².